The Morgan fingerprint density at radius 3 is 2.52 bits per heavy atom. The Labute approximate surface area is 197 Å². The summed E-state index contributed by atoms with van der Waals surface area (Å²) in [6.07, 6.45) is -5.64. The third kappa shape index (κ3) is 7.05. The van der Waals surface area contributed by atoms with E-state index in [4.69, 9.17) is 5.11 Å². The average molecular weight is 538 g/mol. The minimum Gasteiger partial charge on any atom is -0.465 e. The van der Waals surface area contributed by atoms with E-state index in [0.29, 0.717) is 22.7 Å². The standard InChI is InChI=1S/C19H22F3N5O5.BrH/c20-19(21,22)14-9-27(18(31)32)7-6-26(14)10-16(29)24-12-3-1-2-11(8-12)23-13-4-5-15(28)25-17(13)30;/h1-3,8,13-14,23H,4-7,9-10H2,(H,24,29)(H,31,32)(H,25,28,30);1H/t13?,14-;/m1./s1. The second-order valence-corrected chi connectivity index (χ2v) is 7.53. The Bertz CT molecular complexity index is 916. The molecule has 0 bridgehead atoms. The summed E-state index contributed by atoms with van der Waals surface area (Å²) in [4.78, 5) is 48.1. The summed E-state index contributed by atoms with van der Waals surface area (Å²) in [5, 5.41) is 16.7. The average Bonchev–Trinajstić information content (AvgIpc) is 2.69. The normalized spacial score (nSPS) is 21.6. The van der Waals surface area contributed by atoms with Crippen LogP contribution in [0.3, 0.4) is 0 Å². The van der Waals surface area contributed by atoms with Crippen LogP contribution in [0.5, 0.6) is 0 Å². The number of piperidine rings is 1. The van der Waals surface area contributed by atoms with Crippen molar-refractivity contribution in [1.29, 1.82) is 0 Å². The number of piperazine rings is 1. The van der Waals surface area contributed by atoms with Crippen molar-refractivity contribution in [1.82, 2.24) is 15.1 Å². The van der Waals surface area contributed by atoms with Crippen LogP contribution < -0.4 is 16.0 Å². The van der Waals surface area contributed by atoms with Crippen LogP contribution in [0.2, 0.25) is 0 Å². The Balaban J connectivity index is 0.00000385. The van der Waals surface area contributed by atoms with Gasteiger partial charge in [-0.25, -0.2) is 4.79 Å². The van der Waals surface area contributed by atoms with Crippen LogP contribution in [0.25, 0.3) is 0 Å². The first-order valence-electron chi connectivity index (χ1n) is 9.81. The Kier molecular flexibility index (Phi) is 8.66. The Hall–Kier alpha value is -2.87. The molecule has 0 radical (unpaired) electrons. The monoisotopic (exact) mass is 537 g/mol. The number of rotatable bonds is 5. The molecule has 1 unspecified atom stereocenters. The van der Waals surface area contributed by atoms with Crippen molar-refractivity contribution in [3.63, 3.8) is 0 Å². The van der Waals surface area contributed by atoms with E-state index in [2.05, 4.69) is 16.0 Å². The number of nitrogens with zero attached hydrogens (tertiary/aromatic N) is 2. The summed E-state index contributed by atoms with van der Waals surface area (Å²) in [6.45, 7) is -1.71. The van der Waals surface area contributed by atoms with Crippen LogP contribution in [0, 0.1) is 0 Å². The first-order chi connectivity index (χ1) is 15.0. The number of carbonyl (C=O) groups is 4. The molecule has 2 saturated heterocycles. The molecule has 0 aliphatic carbocycles. The SMILES string of the molecule is Br.O=C1CCC(Nc2cccc(NC(=O)CN3CCN(C(=O)O)C[C@@H]3C(F)(F)F)c2)C(=O)N1. The van der Waals surface area contributed by atoms with E-state index >= 15 is 0 Å². The third-order valence-electron chi connectivity index (χ3n) is 5.21. The summed E-state index contributed by atoms with van der Waals surface area (Å²) in [7, 11) is 0. The van der Waals surface area contributed by atoms with Crippen molar-refractivity contribution >= 4 is 52.2 Å². The smallest absolute Gasteiger partial charge is 0.407 e. The molecule has 0 spiro atoms. The fourth-order valence-electron chi connectivity index (χ4n) is 3.60. The minimum atomic E-state index is -4.69. The number of nitrogens with one attached hydrogen (secondary N) is 3. The Morgan fingerprint density at radius 2 is 1.88 bits per heavy atom. The highest BCUT2D eigenvalue weighted by Gasteiger charge is 2.47. The van der Waals surface area contributed by atoms with Crippen molar-refractivity contribution in [2.45, 2.75) is 31.1 Å². The second-order valence-electron chi connectivity index (χ2n) is 7.53. The predicted molar refractivity (Wildman–Crippen MR) is 116 cm³/mol. The number of benzene rings is 1. The van der Waals surface area contributed by atoms with E-state index in [1.54, 1.807) is 12.1 Å². The molecule has 4 amide bonds. The molecule has 2 aliphatic heterocycles. The first-order valence-corrected chi connectivity index (χ1v) is 9.81. The molecule has 4 N–H and O–H groups in total. The fourth-order valence-corrected chi connectivity index (χ4v) is 3.60. The molecule has 0 aromatic heterocycles. The fraction of sp³-hybridized carbons (Fsp3) is 0.474. The zero-order chi connectivity index (χ0) is 23.5. The van der Waals surface area contributed by atoms with Crippen molar-refractivity contribution in [3.8, 4) is 0 Å². The highest BCUT2D eigenvalue weighted by molar-refractivity contribution is 8.93. The number of carbonyl (C=O) groups excluding carboxylic acids is 3. The summed E-state index contributed by atoms with van der Waals surface area (Å²) in [5.41, 5.74) is 0.792. The van der Waals surface area contributed by atoms with Gasteiger partial charge in [0.25, 0.3) is 0 Å². The largest absolute Gasteiger partial charge is 0.465 e. The van der Waals surface area contributed by atoms with Gasteiger partial charge in [0, 0.05) is 37.4 Å². The maximum absolute atomic E-state index is 13.4. The zero-order valence-electron chi connectivity index (χ0n) is 17.2. The number of amides is 4. The van der Waals surface area contributed by atoms with Gasteiger partial charge in [0.05, 0.1) is 6.54 Å². The van der Waals surface area contributed by atoms with E-state index in [0.717, 1.165) is 4.90 Å². The predicted octanol–water partition coefficient (Wildman–Crippen LogP) is 1.65. The molecular formula is C19H23BrF3N5O5. The van der Waals surface area contributed by atoms with Crippen molar-refractivity contribution in [2.75, 3.05) is 36.8 Å². The lowest BCUT2D eigenvalue weighted by Crippen LogP contribution is -2.61. The van der Waals surface area contributed by atoms with Crippen LogP contribution >= 0.6 is 17.0 Å². The molecule has 1 aromatic carbocycles. The van der Waals surface area contributed by atoms with E-state index in [1.807, 2.05) is 0 Å². The number of imide groups is 1. The van der Waals surface area contributed by atoms with Crippen molar-refractivity contribution in [2.24, 2.45) is 0 Å². The van der Waals surface area contributed by atoms with Gasteiger partial charge in [-0.2, -0.15) is 13.2 Å². The minimum absolute atomic E-state index is 0. The van der Waals surface area contributed by atoms with Gasteiger partial charge in [-0.1, -0.05) is 6.07 Å². The number of halogens is 4. The molecule has 2 atom stereocenters. The van der Waals surface area contributed by atoms with Crippen LogP contribution in [-0.2, 0) is 14.4 Å². The van der Waals surface area contributed by atoms with Gasteiger partial charge in [-0.3, -0.25) is 24.6 Å². The number of anilines is 2. The lowest BCUT2D eigenvalue weighted by Gasteiger charge is -2.40. The molecule has 2 heterocycles. The molecule has 0 saturated carbocycles. The Morgan fingerprint density at radius 1 is 1.18 bits per heavy atom. The van der Waals surface area contributed by atoms with Gasteiger partial charge in [-0.15, -0.1) is 17.0 Å². The summed E-state index contributed by atoms with van der Waals surface area (Å²) in [5.74, 6) is -1.51. The van der Waals surface area contributed by atoms with E-state index in [9.17, 15) is 32.3 Å². The summed E-state index contributed by atoms with van der Waals surface area (Å²) < 4.78 is 40.1. The lowest BCUT2D eigenvalue weighted by molar-refractivity contribution is -0.194. The summed E-state index contributed by atoms with van der Waals surface area (Å²) in [6, 6.07) is 3.58. The molecule has 1 aromatic rings. The van der Waals surface area contributed by atoms with E-state index < -0.39 is 49.3 Å². The van der Waals surface area contributed by atoms with Crippen LogP contribution in [0.15, 0.2) is 24.3 Å². The van der Waals surface area contributed by atoms with E-state index in [-0.39, 0.29) is 42.4 Å². The van der Waals surface area contributed by atoms with Gasteiger partial charge >= 0.3 is 12.3 Å². The number of alkyl halides is 3. The van der Waals surface area contributed by atoms with Crippen LogP contribution in [-0.4, -0.2) is 83.2 Å². The van der Waals surface area contributed by atoms with Gasteiger partial charge < -0.3 is 20.6 Å². The number of hydrogen-bond donors (Lipinski definition) is 4. The van der Waals surface area contributed by atoms with Gasteiger partial charge in [-0.05, 0) is 24.6 Å². The maximum Gasteiger partial charge on any atom is 0.407 e. The molecular weight excluding hydrogens is 515 g/mol. The van der Waals surface area contributed by atoms with Gasteiger partial charge in [0.15, 0.2) is 0 Å². The first kappa shape index (κ1) is 26.4. The molecule has 2 aliphatic rings. The topological polar surface area (TPSA) is 131 Å². The molecule has 33 heavy (non-hydrogen) atoms. The number of carboxylic acid groups (broad SMARTS) is 1. The molecule has 2 fully saturated rings. The maximum atomic E-state index is 13.4. The number of hydrogen-bond acceptors (Lipinski definition) is 6. The van der Waals surface area contributed by atoms with E-state index in [1.165, 1.54) is 12.1 Å². The summed E-state index contributed by atoms with van der Waals surface area (Å²) >= 11 is 0. The molecule has 3 rings (SSSR count). The van der Waals surface area contributed by atoms with Crippen LogP contribution in [0.1, 0.15) is 12.8 Å². The highest BCUT2D eigenvalue weighted by atomic mass is 79.9. The molecule has 10 nitrogen and oxygen atoms in total. The van der Waals surface area contributed by atoms with Crippen molar-refractivity contribution < 1.29 is 37.5 Å². The van der Waals surface area contributed by atoms with Crippen molar-refractivity contribution in [3.05, 3.63) is 24.3 Å². The lowest BCUT2D eigenvalue weighted by atomic mass is 10.1. The van der Waals surface area contributed by atoms with Crippen LogP contribution in [0.4, 0.5) is 29.3 Å². The molecule has 182 valence electrons. The second kappa shape index (κ2) is 10.8. The van der Waals surface area contributed by atoms with Gasteiger partial charge in [0.1, 0.15) is 12.1 Å². The van der Waals surface area contributed by atoms with Gasteiger partial charge in [0.2, 0.25) is 17.7 Å². The zero-order valence-corrected chi connectivity index (χ0v) is 18.9. The highest BCUT2D eigenvalue weighted by Crippen LogP contribution is 2.28. The quantitative estimate of drug-likeness (QED) is 0.420. The molecule has 14 heteroatoms. The third-order valence-corrected chi connectivity index (χ3v) is 5.21.